The molecule has 37 heavy (non-hydrogen) atoms. The van der Waals surface area contributed by atoms with Crippen molar-refractivity contribution in [1.82, 2.24) is 14.8 Å². The van der Waals surface area contributed by atoms with E-state index in [1.807, 2.05) is 6.07 Å². The summed E-state index contributed by atoms with van der Waals surface area (Å²) in [5.74, 6) is -0.735. The molecule has 0 bridgehead atoms. The number of ether oxygens (including phenoxy) is 1. The second-order valence-electron chi connectivity index (χ2n) is 8.76. The topological polar surface area (TPSA) is 83.0 Å². The molecular formula is C26H23BrF2N4O2S2. The van der Waals surface area contributed by atoms with Crippen molar-refractivity contribution in [2.75, 3.05) is 6.61 Å². The van der Waals surface area contributed by atoms with Crippen molar-refractivity contribution < 1.29 is 18.3 Å². The van der Waals surface area contributed by atoms with Gasteiger partial charge in [0.2, 0.25) is 5.13 Å². The van der Waals surface area contributed by atoms with Gasteiger partial charge in [-0.1, -0.05) is 6.07 Å². The van der Waals surface area contributed by atoms with E-state index in [0.29, 0.717) is 32.5 Å². The average molecular weight is 606 g/mol. The highest BCUT2D eigenvalue weighted by Crippen LogP contribution is 2.39. The van der Waals surface area contributed by atoms with Gasteiger partial charge in [-0.05, 0) is 95.9 Å². The molecule has 2 aromatic heterocycles. The number of carbonyl (C=O) groups is 1. The number of aromatic nitrogens is 3. The molecule has 2 heterocycles. The fraction of sp³-hybridized carbons (Fsp3) is 0.269. The van der Waals surface area contributed by atoms with Crippen LogP contribution >= 0.6 is 39.2 Å². The lowest BCUT2D eigenvalue weighted by Crippen LogP contribution is -2.08. The lowest BCUT2D eigenvalue weighted by molar-refractivity contribution is 0.0520. The number of benzene rings is 2. The van der Waals surface area contributed by atoms with Crippen LogP contribution in [0.25, 0.3) is 16.4 Å². The van der Waals surface area contributed by atoms with Gasteiger partial charge in [0.1, 0.15) is 11.6 Å². The summed E-state index contributed by atoms with van der Waals surface area (Å²) in [7, 11) is 0. The molecule has 0 aliphatic heterocycles. The molecule has 6 nitrogen and oxygen atoms in total. The minimum absolute atomic E-state index is 0.222. The lowest BCUT2D eigenvalue weighted by atomic mass is 9.97. The van der Waals surface area contributed by atoms with Crippen LogP contribution in [-0.4, -0.2) is 27.3 Å². The molecule has 0 unspecified atom stereocenters. The van der Waals surface area contributed by atoms with Gasteiger partial charge < -0.3 is 4.74 Å². The number of nitrogens with zero attached hydrogens (tertiary/aromatic N) is 3. The van der Waals surface area contributed by atoms with E-state index in [2.05, 4.69) is 20.9 Å². The van der Waals surface area contributed by atoms with E-state index in [9.17, 15) is 13.6 Å². The Balaban J connectivity index is 1.66. The molecule has 5 rings (SSSR count). The highest BCUT2D eigenvalue weighted by atomic mass is 79.9. The molecule has 192 valence electrons. The average Bonchev–Trinajstić information content (AvgIpc) is 3.44. The zero-order chi connectivity index (χ0) is 26.1. The minimum Gasteiger partial charge on any atom is -0.461 e. The molecule has 1 saturated carbocycles. The van der Waals surface area contributed by atoms with Crippen molar-refractivity contribution in [2.45, 2.75) is 37.5 Å². The van der Waals surface area contributed by atoms with E-state index >= 15 is 0 Å². The van der Waals surface area contributed by atoms with Crippen LogP contribution in [0, 0.1) is 17.6 Å². The molecule has 1 fully saturated rings. The molecule has 0 saturated heterocycles. The van der Waals surface area contributed by atoms with Crippen LogP contribution in [-0.2, 0) is 17.6 Å². The molecule has 2 aromatic carbocycles. The van der Waals surface area contributed by atoms with Gasteiger partial charge >= 0.3 is 5.97 Å². The normalized spacial score (nSPS) is 13.2. The maximum atomic E-state index is 14.6. The smallest absolute Gasteiger partial charge is 0.357 e. The van der Waals surface area contributed by atoms with E-state index in [4.69, 9.17) is 15.0 Å². The van der Waals surface area contributed by atoms with Crippen molar-refractivity contribution in [2.24, 2.45) is 11.1 Å². The predicted molar refractivity (Wildman–Crippen MR) is 144 cm³/mol. The first-order valence-electron chi connectivity index (χ1n) is 11.7. The second kappa shape index (κ2) is 11.0. The standard InChI is InChI=1S/C26H23BrF2N4O2S2/c1-2-35-25(34)21-13-36-26(31-21)33-22(11-14-3-4-14)17(9-15-5-8-23(37-30)20(29)10-15)24(32-33)16-6-7-19(28)18(27)12-16/h5-8,10,12-14H,2-4,9,11,30H2,1H3. The molecule has 0 spiro atoms. The maximum absolute atomic E-state index is 14.6. The Bertz CT molecular complexity index is 1470. The van der Waals surface area contributed by atoms with Crippen molar-refractivity contribution in [3.05, 3.63) is 80.4 Å². The van der Waals surface area contributed by atoms with Gasteiger partial charge in [-0.2, -0.15) is 5.10 Å². The third kappa shape index (κ3) is 5.64. The Labute approximate surface area is 229 Å². The summed E-state index contributed by atoms with van der Waals surface area (Å²) in [4.78, 5) is 17.1. The summed E-state index contributed by atoms with van der Waals surface area (Å²) < 4.78 is 35.9. The summed E-state index contributed by atoms with van der Waals surface area (Å²) in [6, 6.07) is 9.76. The molecule has 0 radical (unpaired) electrons. The van der Waals surface area contributed by atoms with Crippen molar-refractivity contribution >= 4 is 45.2 Å². The Morgan fingerprint density at radius 1 is 1.24 bits per heavy atom. The third-order valence-corrected chi connectivity index (χ3v) is 8.13. The van der Waals surface area contributed by atoms with E-state index < -0.39 is 5.97 Å². The zero-order valence-electron chi connectivity index (χ0n) is 19.8. The van der Waals surface area contributed by atoms with Crippen LogP contribution in [0.4, 0.5) is 8.78 Å². The Kier molecular flexibility index (Phi) is 7.75. The summed E-state index contributed by atoms with van der Waals surface area (Å²) in [6.07, 6.45) is 3.41. The van der Waals surface area contributed by atoms with Gasteiger partial charge in [0.15, 0.2) is 5.69 Å². The number of carbonyl (C=O) groups excluding carboxylic acids is 1. The first-order valence-corrected chi connectivity index (χ1v) is 14.3. The molecule has 2 N–H and O–H groups in total. The predicted octanol–water partition coefficient (Wildman–Crippen LogP) is 6.72. The van der Waals surface area contributed by atoms with Crippen LogP contribution in [0.2, 0.25) is 0 Å². The van der Waals surface area contributed by atoms with E-state index in [1.165, 1.54) is 23.5 Å². The summed E-state index contributed by atoms with van der Waals surface area (Å²) in [5.41, 5.74) is 4.21. The Morgan fingerprint density at radius 3 is 2.73 bits per heavy atom. The number of nitrogens with two attached hydrogens (primary N) is 1. The van der Waals surface area contributed by atoms with Crippen LogP contribution in [0.5, 0.6) is 0 Å². The van der Waals surface area contributed by atoms with Gasteiger partial charge in [0, 0.05) is 22.9 Å². The molecular weight excluding hydrogens is 582 g/mol. The minimum atomic E-state index is -0.489. The molecule has 4 aromatic rings. The maximum Gasteiger partial charge on any atom is 0.357 e. The van der Waals surface area contributed by atoms with Crippen LogP contribution in [0.3, 0.4) is 0 Å². The first kappa shape index (κ1) is 26.0. The highest BCUT2D eigenvalue weighted by Gasteiger charge is 2.29. The Hall–Kier alpha value is -2.60. The van der Waals surface area contributed by atoms with Gasteiger partial charge in [-0.25, -0.2) is 23.2 Å². The number of rotatable bonds is 9. The number of esters is 1. The van der Waals surface area contributed by atoms with E-state index in [1.54, 1.807) is 35.2 Å². The van der Waals surface area contributed by atoms with Crippen molar-refractivity contribution in [3.8, 4) is 16.4 Å². The quantitative estimate of drug-likeness (QED) is 0.169. The zero-order valence-corrected chi connectivity index (χ0v) is 23.1. The van der Waals surface area contributed by atoms with Gasteiger partial charge in [0.05, 0.1) is 27.4 Å². The number of halogens is 3. The van der Waals surface area contributed by atoms with Crippen LogP contribution in [0.15, 0.2) is 51.1 Å². The van der Waals surface area contributed by atoms with E-state index in [-0.39, 0.29) is 23.9 Å². The number of hydrogen-bond donors (Lipinski definition) is 1. The number of thiazole rings is 1. The molecule has 0 atom stereocenters. The molecule has 1 aliphatic rings. The molecule has 1 aliphatic carbocycles. The highest BCUT2D eigenvalue weighted by molar-refractivity contribution is 9.10. The monoisotopic (exact) mass is 604 g/mol. The van der Waals surface area contributed by atoms with Gasteiger partial charge in [-0.3, -0.25) is 5.14 Å². The van der Waals surface area contributed by atoms with Crippen LogP contribution in [0.1, 0.15) is 47.1 Å². The molecule has 11 heteroatoms. The molecule has 0 amide bonds. The summed E-state index contributed by atoms with van der Waals surface area (Å²) in [6.45, 7) is 2.00. The summed E-state index contributed by atoms with van der Waals surface area (Å²) >= 11 is 5.44. The van der Waals surface area contributed by atoms with Gasteiger partial charge in [-0.15, -0.1) is 11.3 Å². The number of hydrogen-bond acceptors (Lipinski definition) is 7. The van der Waals surface area contributed by atoms with Crippen molar-refractivity contribution in [3.63, 3.8) is 0 Å². The summed E-state index contributed by atoms with van der Waals surface area (Å²) in [5, 5.41) is 12.7. The largest absolute Gasteiger partial charge is 0.461 e. The fourth-order valence-electron chi connectivity index (χ4n) is 4.12. The fourth-order valence-corrected chi connectivity index (χ4v) is 5.59. The lowest BCUT2D eigenvalue weighted by Gasteiger charge is -2.10. The first-order chi connectivity index (χ1) is 17.9. The van der Waals surface area contributed by atoms with Gasteiger partial charge in [0.25, 0.3) is 0 Å². The SMILES string of the molecule is CCOC(=O)c1csc(-n2nc(-c3ccc(F)c(Br)c3)c(Cc3ccc(SN)c(F)c3)c2CC2CC2)n1. The Morgan fingerprint density at radius 2 is 2.05 bits per heavy atom. The van der Waals surface area contributed by atoms with Crippen molar-refractivity contribution in [1.29, 1.82) is 0 Å². The van der Waals surface area contributed by atoms with E-state index in [0.717, 1.165) is 53.6 Å². The third-order valence-electron chi connectivity index (χ3n) is 6.12. The second-order valence-corrected chi connectivity index (χ2v) is 11.1. The van der Waals surface area contributed by atoms with Crippen LogP contribution < -0.4 is 5.14 Å².